The highest BCUT2D eigenvalue weighted by molar-refractivity contribution is 7.90. The number of likely N-dealkylation sites (N-methyl/N-ethyl adjacent to an activating group) is 1. The molecule has 0 bridgehead atoms. The van der Waals surface area contributed by atoms with Crippen LogP contribution in [0, 0.1) is 5.92 Å². The lowest BCUT2D eigenvalue weighted by molar-refractivity contribution is -0.231. The Kier molecular flexibility index (Phi) is 7.99. The summed E-state index contributed by atoms with van der Waals surface area (Å²) < 4.78 is 87.0. The molecule has 2 heterocycles. The Balaban J connectivity index is 1.55. The van der Waals surface area contributed by atoms with Crippen LogP contribution in [0.4, 0.5) is 18.0 Å². The zero-order valence-electron chi connectivity index (χ0n) is 20.8. The highest BCUT2D eigenvalue weighted by Crippen LogP contribution is 2.47. The van der Waals surface area contributed by atoms with Crippen molar-refractivity contribution in [3.8, 4) is 5.75 Å². The van der Waals surface area contributed by atoms with Gasteiger partial charge in [-0.1, -0.05) is 12.1 Å². The zero-order chi connectivity index (χ0) is 27.0. The van der Waals surface area contributed by atoms with Gasteiger partial charge in [-0.25, -0.2) is 13.2 Å². The topological polar surface area (TPSA) is 106 Å². The summed E-state index contributed by atoms with van der Waals surface area (Å²) in [5.74, 6) is -1.46. The lowest BCUT2D eigenvalue weighted by Gasteiger charge is -2.38. The first-order chi connectivity index (χ1) is 17.4. The van der Waals surface area contributed by atoms with E-state index in [0.717, 1.165) is 4.31 Å². The molecule has 13 heteroatoms. The second kappa shape index (κ2) is 10.6. The Morgan fingerprint density at radius 3 is 2.38 bits per heavy atom. The first-order valence-electron chi connectivity index (χ1n) is 12.3. The van der Waals surface area contributed by atoms with Crippen molar-refractivity contribution in [2.75, 3.05) is 33.9 Å². The quantitative estimate of drug-likeness (QED) is 0.502. The molecule has 2 saturated heterocycles. The fourth-order valence-corrected chi connectivity index (χ4v) is 6.99. The van der Waals surface area contributed by atoms with Crippen LogP contribution in [-0.2, 0) is 26.1 Å². The van der Waals surface area contributed by atoms with Crippen molar-refractivity contribution in [3.63, 3.8) is 0 Å². The normalized spacial score (nSPS) is 25.0. The highest BCUT2D eigenvalue weighted by atomic mass is 32.2. The van der Waals surface area contributed by atoms with Gasteiger partial charge in [0.05, 0.1) is 43.3 Å². The van der Waals surface area contributed by atoms with Gasteiger partial charge in [0.1, 0.15) is 11.7 Å². The molecular formula is C24H33F3N2O7S. The lowest BCUT2D eigenvalue weighted by Crippen LogP contribution is -2.50. The van der Waals surface area contributed by atoms with Crippen LogP contribution in [0.5, 0.6) is 5.75 Å². The molecule has 1 amide bonds. The number of carboxylic acid groups (broad SMARTS) is 1. The Labute approximate surface area is 214 Å². The summed E-state index contributed by atoms with van der Waals surface area (Å²) in [5.41, 5.74) is -0.370. The molecule has 3 aliphatic rings. The number of likely N-dealkylation sites (tertiary alicyclic amines) is 1. The van der Waals surface area contributed by atoms with Crippen molar-refractivity contribution in [1.82, 2.24) is 9.21 Å². The number of nitrogens with zero attached hydrogens (tertiary/aromatic N) is 2. The first-order valence-corrected chi connectivity index (χ1v) is 13.8. The summed E-state index contributed by atoms with van der Waals surface area (Å²) in [6.07, 6.45) is -5.87. The van der Waals surface area contributed by atoms with E-state index < -0.39 is 57.8 Å². The molecule has 2 aliphatic heterocycles. The summed E-state index contributed by atoms with van der Waals surface area (Å²) in [6, 6.07) is 5.70. The van der Waals surface area contributed by atoms with E-state index in [1.807, 2.05) is 0 Å². The van der Waals surface area contributed by atoms with Crippen molar-refractivity contribution in [2.24, 2.45) is 5.92 Å². The number of amides is 1. The van der Waals surface area contributed by atoms with Gasteiger partial charge in [-0.15, -0.1) is 0 Å². The van der Waals surface area contributed by atoms with Gasteiger partial charge in [-0.05, 0) is 49.8 Å². The van der Waals surface area contributed by atoms with E-state index in [1.54, 1.807) is 24.3 Å². The number of carbonyl (C=O) groups is 1. The number of benzene rings is 1. The van der Waals surface area contributed by atoms with Gasteiger partial charge in [-0.3, -0.25) is 0 Å². The molecule has 1 unspecified atom stereocenters. The Morgan fingerprint density at radius 2 is 1.86 bits per heavy atom. The smallest absolute Gasteiger partial charge is 0.407 e. The van der Waals surface area contributed by atoms with Crippen LogP contribution in [0.1, 0.15) is 37.7 Å². The second-order valence-corrected chi connectivity index (χ2v) is 12.4. The van der Waals surface area contributed by atoms with Gasteiger partial charge < -0.3 is 24.2 Å². The molecule has 3 fully saturated rings. The molecule has 1 aromatic carbocycles. The van der Waals surface area contributed by atoms with E-state index in [2.05, 4.69) is 0 Å². The molecule has 1 aromatic rings. The number of halogens is 3. The Bertz CT molecular complexity index is 1060. The van der Waals surface area contributed by atoms with Gasteiger partial charge in [0.2, 0.25) is 10.0 Å². The van der Waals surface area contributed by atoms with Gasteiger partial charge in [0.15, 0.2) is 0 Å². The number of hydrogen-bond acceptors (Lipinski definition) is 6. The number of ether oxygens (including phenoxy) is 3. The Hall–Kier alpha value is -2.09. The number of sulfonamides is 1. The van der Waals surface area contributed by atoms with E-state index in [0.29, 0.717) is 24.2 Å². The molecule has 37 heavy (non-hydrogen) atoms. The number of piperidine rings is 1. The number of alkyl halides is 3. The third-order valence-corrected chi connectivity index (χ3v) is 10.0. The van der Waals surface area contributed by atoms with Crippen molar-refractivity contribution < 1.29 is 45.7 Å². The highest BCUT2D eigenvalue weighted by Gasteiger charge is 2.59. The van der Waals surface area contributed by atoms with Crippen LogP contribution in [0.25, 0.3) is 0 Å². The van der Waals surface area contributed by atoms with Gasteiger partial charge in [0, 0.05) is 20.1 Å². The first kappa shape index (κ1) is 27.9. The molecule has 0 aromatic heterocycles. The molecule has 1 spiro atoms. The third-order valence-electron chi connectivity index (χ3n) is 7.65. The predicted molar refractivity (Wildman–Crippen MR) is 127 cm³/mol. The van der Waals surface area contributed by atoms with E-state index in [-0.39, 0.29) is 39.0 Å². The summed E-state index contributed by atoms with van der Waals surface area (Å²) >= 11 is 0. The van der Waals surface area contributed by atoms with E-state index in [1.165, 1.54) is 19.1 Å². The number of hydrogen-bond donors (Lipinski definition) is 1. The number of rotatable bonds is 9. The largest absolute Gasteiger partial charge is 0.497 e. The average molecular weight is 551 g/mol. The molecule has 3 atom stereocenters. The van der Waals surface area contributed by atoms with E-state index >= 15 is 0 Å². The lowest BCUT2D eigenvalue weighted by atomic mass is 9.86. The maximum atomic E-state index is 14.4. The summed E-state index contributed by atoms with van der Waals surface area (Å²) in [5, 5.41) is 8.69. The minimum absolute atomic E-state index is 0.0666. The van der Waals surface area contributed by atoms with Crippen molar-refractivity contribution in [1.29, 1.82) is 0 Å². The van der Waals surface area contributed by atoms with Crippen LogP contribution >= 0.6 is 0 Å². The van der Waals surface area contributed by atoms with E-state index in [4.69, 9.17) is 14.2 Å². The summed E-state index contributed by atoms with van der Waals surface area (Å²) in [6.45, 7) is -0.550. The maximum Gasteiger partial charge on any atom is 0.407 e. The van der Waals surface area contributed by atoms with Gasteiger partial charge >= 0.3 is 12.3 Å². The predicted octanol–water partition coefficient (Wildman–Crippen LogP) is 3.48. The Morgan fingerprint density at radius 1 is 1.24 bits per heavy atom. The minimum atomic E-state index is -4.71. The SMILES string of the molecule is COc1ccc(COCC([C@H]2OC3(CCN(C(=O)O)CC3)C[C@@H]2N(C)S(=O)(=O)C2CC2)C(F)(F)F)cc1. The number of methoxy groups -OCH3 is 1. The van der Waals surface area contributed by atoms with Crippen LogP contribution in [0.3, 0.4) is 0 Å². The molecule has 4 rings (SSSR count). The fourth-order valence-electron chi connectivity index (χ4n) is 5.22. The second-order valence-electron chi connectivity index (χ2n) is 10.1. The van der Waals surface area contributed by atoms with Gasteiger partial charge in [-0.2, -0.15) is 17.5 Å². The average Bonchev–Trinajstić information content (AvgIpc) is 3.65. The molecule has 1 N–H and O–H groups in total. The molecular weight excluding hydrogens is 517 g/mol. The van der Waals surface area contributed by atoms with Crippen LogP contribution < -0.4 is 4.74 Å². The third kappa shape index (κ3) is 6.15. The maximum absolute atomic E-state index is 14.4. The minimum Gasteiger partial charge on any atom is -0.497 e. The van der Waals surface area contributed by atoms with Crippen LogP contribution in [-0.4, -0.2) is 91.8 Å². The van der Waals surface area contributed by atoms with Crippen molar-refractivity contribution in [2.45, 2.75) is 67.9 Å². The van der Waals surface area contributed by atoms with Crippen LogP contribution in [0.2, 0.25) is 0 Å². The van der Waals surface area contributed by atoms with Crippen LogP contribution in [0.15, 0.2) is 24.3 Å². The molecule has 0 radical (unpaired) electrons. The van der Waals surface area contributed by atoms with Gasteiger partial charge in [0.25, 0.3) is 0 Å². The molecule has 9 nitrogen and oxygen atoms in total. The summed E-state index contributed by atoms with van der Waals surface area (Å²) in [7, 11) is -0.947. The standard InChI is InChI=1S/C24H33F3N2O7S/c1-28(37(32,33)18-7-8-18)20-13-23(9-11-29(12-10-23)22(30)31)36-21(20)19(24(25,26)27)15-35-14-16-3-5-17(34-2)6-4-16/h3-6,18-21H,7-15H2,1-2H3,(H,30,31)/t19?,20-,21+/m0/s1. The summed E-state index contributed by atoms with van der Waals surface area (Å²) in [4.78, 5) is 12.5. The van der Waals surface area contributed by atoms with Crippen molar-refractivity contribution >= 4 is 16.1 Å². The monoisotopic (exact) mass is 550 g/mol. The molecule has 1 aliphatic carbocycles. The van der Waals surface area contributed by atoms with Crippen molar-refractivity contribution in [3.05, 3.63) is 29.8 Å². The fraction of sp³-hybridized carbons (Fsp3) is 0.708. The zero-order valence-corrected chi connectivity index (χ0v) is 21.6. The van der Waals surface area contributed by atoms with E-state index in [9.17, 15) is 31.5 Å². The molecule has 1 saturated carbocycles. The molecule has 208 valence electrons.